The summed E-state index contributed by atoms with van der Waals surface area (Å²) in [4.78, 5) is 0. The average Bonchev–Trinajstić information content (AvgIpc) is 2.78. The van der Waals surface area contributed by atoms with Gasteiger partial charge in [-0.2, -0.15) is 10.2 Å². The second kappa shape index (κ2) is 4.80. The molecular weight excluding hydrogens is 224 g/mol. The summed E-state index contributed by atoms with van der Waals surface area (Å²) in [5.41, 5.74) is 4.35. The highest BCUT2D eigenvalue weighted by atomic mass is 15.5. The topological polar surface area (TPSA) is 35.6 Å². The van der Waals surface area contributed by atoms with Crippen LogP contribution in [0.25, 0.3) is 0 Å². The Balaban J connectivity index is 2.53. The van der Waals surface area contributed by atoms with Crippen molar-refractivity contribution in [2.45, 2.75) is 40.8 Å². The summed E-state index contributed by atoms with van der Waals surface area (Å²) in [6.45, 7) is 10.2. The van der Waals surface area contributed by atoms with Crippen LogP contribution >= 0.6 is 0 Å². The van der Waals surface area contributed by atoms with Crippen LogP contribution < -0.4 is 0 Å². The van der Waals surface area contributed by atoms with Crippen molar-refractivity contribution in [2.75, 3.05) is 0 Å². The van der Waals surface area contributed by atoms with E-state index in [1.807, 2.05) is 36.2 Å². The minimum absolute atomic E-state index is 0.0115. The maximum absolute atomic E-state index is 4.56. The van der Waals surface area contributed by atoms with Crippen molar-refractivity contribution >= 4 is 0 Å². The molecule has 0 aliphatic rings. The van der Waals surface area contributed by atoms with E-state index in [1.54, 1.807) is 0 Å². The van der Waals surface area contributed by atoms with E-state index in [-0.39, 0.29) is 6.17 Å². The Kier molecular flexibility index (Phi) is 3.36. The Morgan fingerprint density at radius 2 is 1.39 bits per heavy atom. The zero-order valence-corrected chi connectivity index (χ0v) is 11.7. The van der Waals surface area contributed by atoms with E-state index < -0.39 is 0 Å². The second-order valence-electron chi connectivity index (χ2n) is 4.68. The van der Waals surface area contributed by atoms with E-state index in [4.69, 9.17) is 0 Å². The molecule has 4 nitrogen and oxygen atoms in total. The van der Waals surface area contributed by atoms with Crippen molar-refractivity contribution in [1.29, 1.82) is 0 Å². The number of hydrogen-bond donors (Lipinski definition) is 0. The van der Waals surface area contributed by atoms with Gasteiger partial charge in [-0.25, -0.2) is 9.36 Å². The highest BCUT2D eigenvalue weighted by Crippen LogP contribution is 2.17. The number of aryl methyl sites for hydroxylation is 4. The van der Waals surface area contributed by atoms with Crippen molar-refractivity contribution in [3.63, 3.8) is 0 Å². The number of nitrogens with zero attached hydrogens (tertiary/aromatic N) is 4. The third-order valence-electron chi connectivity index (χ3n) is 2.95. The summed E-state index contributed by atoms with van der Waals surface area (Å²) >= 11 is 0. The first-order valence-corrected chi connectivity index (χ1v) is 6.21. The molecule has 2 rings (SSSR count). The van der Waals surface area contributed by atoms with Crippen molar-refractivity contribution in [2.24, 2.45) is 0 Å². The fourth-order valence-corrected chi connectivity index (χ4v) is 2.27. The molecule has 0 unspecified atom stereocenters. The summed E-state index contributed by atoms with van der Waals surface area (Å²) < 4.78 is 4.02. The summed E-state index contributed by atoms with van der Waals surface area (Å²) in [5.74, 6) is 0. The van der Waals surface area contributed by atoms with Gasteiger partial charge in [-0.3, -0.25) is 0 Å². The molecular formula is C14H20N4. The van der Waals surface area contributed by atoms with E-state index in [0.29, 0.717) is 0 Å². The van der Waals surface area contributed by atoms with Gasteiger partial charge in [-0.1, -0.05) is 6.08 Å². The zero-order chi connectivity index (χ0) is 13.3. The van der Waals surface area contributed by atoms with Crippen molar-refractivity contribution in [3.05, 3.63) is 47.1 Å². The van der Waals surface area contributed by atoms with Crippen LogP contribution in [0.4, 0.5) is 0 Å². The molecule has 4 heteroatoms. The summed E-state index contributed by atoms with van der Waals surface area (Å²) in [6, 6.07) is 4.17. The lowest BCUT2D eigenvalue weighted by atomic mass is 10.3. The predicted octanol–water partition coefficient (Wildman–Crippen LogP) is 2.94. The van der Waals surface area contributed by atoms with Crippen LogP contribution in [0.2, 0.25) is 0 Å². The van der Waals surface area contributed by atoms with Crippen LogP contribution in [0.5, 0.6) is 0 Å². The lowest BCUT2D eigenvalue weighted by Crippen LogP contribution is -2.21. The van der Waals surface area contributed by atoms with Crippen molar-refractivity contribution in [3.8, 4) is 0 Å². The molecule has 0 saturated heterocycles. The van der Waals surface area contributed by atoms with Gasteiger partial charge in [-0.15, -0.1) is 0 Å². The smallest absolute Gasteiger partial charge is 0.162 e. The van der Waals surface area contributed by atoms with E-state index in [9.17, 15) is 0 Å². The molecule has 0 N–H and O–H groups in total. The molecule has 0 fully saturated rings. The molecule has 0 atom stereocenters. The second-order valence-corrected chi connectivity index (χ2v) is 4.68. The van der Waals surface area contributed by atoms with Gasteiger partial charge >= 0.3 is 0 Å². The first kappa shape index (κ1) is 12.6. The molecule has 2 aromatic heterocycles. The molecule has 96 valence electrons. The maximum Gasteiger partial charge on any atom is 0.162 e. The van der Waals surface area contributed by atoms with E-state index in [1.165, 1.54) is 0 Å². The molecule has 0 radical (unpaired) electrons. The van der Waals surface area contributed by atoms with Crippen molar-refractivity contribution in [1.82, 2.24) is 19.6 Å². The number of hydrogen-bond acceptors (Lipinski definition) is 2. The van der Waals surface area contributed by atoms with Gasteiger partial charge in [0.15, 0.2) is 6.17 Å². The molecule has 0 bridgehead atoms. The fourth-order valence-electron chi connectivity index (χ4n) is 2.27. The normalized spacial score (nSPS) is 11.9. The molecule has 0 aromatic carbocycles. The van der Waals surface area contributed by atoms with Crippen molar-refractivity contribution < 1.29 is 0 Å². The van der Waals surface area contributed by atoms with Gasteiger partial charge in [0.2, 0.25) is 0 Å². The number of rotatable bonds is 3. The third-order valence-corrected chi connectivity index (χ3v) is 2.95. The first-order chi connectivity index (χ1) is 8.52. The van der Waals surface area contributed by atoms with Gasteiger partial charge in [0.05, 0.1) is 11.4 Å². The summed E-state index contributed by atoms with van der Waals surface area (Å²) in [6.07, 6.45) is 4.16. The number of aromatic nitrogens is 4. The van der Waals surface area contributed by atoms with Gasteiger partial charge < -0.3 is 0 Å². The fraction of sp³-hybridized carbons (Fsp3) is 0.429. The van der Waals surface area contributed by atoms with Crippen LogP contribution in [0.3, 0.4) is 0 Å². The molecule has 0 spiro atoms. The molecule has 0 saturated carbocycles. The standard InChI is InChI=1S/C14H20N4/c1-6-7-14(17-12(4)8-10(2)15-17)18-13(5)9-11(3)16-18/h6-9,14H,1-5H3/b7-6+. The highest BCUT2D eigenvalue weighted by molar-refractivity contribution is 5.13. The maximum atomic E-state index is 4.56. The van der Waals surface area contributed by atoms with Gasteiger partial charge in [0.25, 0.3) is 0 Å². The molecule has 0 amide bonds. The SMILES string of the molecule is C/C=C/C(n1nc(C)cc1C)n1nc(C)cc1C. The zero-order valence-electron chi connectivity index (χ0n) is 11.7. The lowest BCUT2D eigenvalue weighted by molar-refractivity contribution is 0.413. The Morgan fingerprint density at radius 3 is 1.67 bits per heavy atom. The predicted molar refractivity (Wildman–Crippen MR) is 72.7 cm³/mol. The Morgan fingerprint density at radius 1 is 0.944 bits per heavy atom. The Hall–Kier alpha value is -1.84. The quantitative estimate of drug-likeness (QED) is 0.778. The van der Waals surface area contributed by atoms with Gasteiger partial charge in [-0.05, 0) is 52.8 Å². The Bertz CT molecular complexity index is 528. The lowest BCUT2D eigenvalue weighted by Gasteiger charge is -2.18. The van der Waals surface area contributed by atoms with Gasteiger partial charge in [0.1, 0.15) is 0 Å². The van der Waals surface area contributed by atoms with Gasteiger partial charge in [0, 0.05) is 11.4 Å². The molecule has 0 aliphatic heterocycles. The van der Waals surface area contributed by atoms with Crippen LogP contribution in [0.1, 0.15) is 35.9 Å². The minimum atomic E-state index is 0.0115. The minimum Gasteiger partial charge on any atom is -0.241 e. The Labute approximate surface area is 108 Å². The summed E-state index contributed by atoms with van der Waals surface area (Å²) in [5, 5.41) is 9.12. The molecule has 2 aromatic rings. The average molecular weight is 244 g/mol. The third kappa shape index (κ3) is 2.23. The van der Waals surface area contributed by atoms with E-state index in [2.05, 4.69) is 42.3 Å². The van der Waals surface area contributed by atoms with E-state index in [0.717, 1.165) is 22.8 Å². The summed E-state index contributed by atoms with van der Waals surface area (Å²) in [7, 11) is 0. The highest BCUT2D eigenvalue weighted by Gasteiger charge is 2.16. The largest absolute Gasteiger partial charge is 0.241 e. The molecule has 2 heterocycles. The van der Waals surface area contributed by atoms with Crippen LogP contribution in [0, 0.1) is 27.7 Å². The molecule has 0 aliphatic carbocycles. The van der Waals surface area contributed by atoms with Crippen LogP contribution in [-0.4, -0.2) is 19.6 Å². The van der Waals surface area contributed by atoms with Crippen LogP contribution in [-0.2, 0) is 0 Å². The monoisotopic (exact) mass is 244 g/mol. The molecule has 18 heavy (non-hydrogen) atoms. The van der Waals surface area contributed by atoms with Crippen LogP contribution in [0.15, 0.2) is 24.3 Å². The first-order valence-electron chi connectivity index (χ1n) is 6.21. The van der Waals surface area contributed by atoms with E-state index >= 15 is 0 Å². The number of allylic oxidation sites excluding steroid dienone is 2.